The molecule has 0 aliphatic heterocycles. The molecule has 0 aromatic heterocycles. The summed E-state index contributed by atoms with van der Waals surface area (Å²) in [5, 5.41) is 12.1. The van der Waals surface area contributed by atoms with Crippen LogP contribution >= 0.6 is 0 Å². The van der Waals surface area contributed by atoms with E-state index in [4.69, 9.17) is 4.74 Å². The molecule has 0 aliphatic rings. The molecule has 4 nitrogen and oxygen atoms in total. The highest BCUT2D eigenvalue weighted by molar-refractivity contribution is 5.81. The summed E-state index contributed by atoms with van der Waals surface area (Å²) in [6, 6.07) is 4.18. The Hall–Kier alpha value is -1.62. The maximum Gasteiger partial charge on any atom is 0.261 e. The minimum atomic E-state index is -0.805. The predicted molar refractivity (Wildman–Crippen MR) is 75.0 cm³/mol. The van der Waals surface area contributed by atoms with Crippen molar-refractivity contribution in [2.75, 3.05) is 0 Å². The Balaban J connectivity index is 2.76. The lowest BCUT2D eigenvalue weighted by atomic mass is 10.1. The van der Waals surface area contributed by atoms with Crippen LogP contribution in [-0.4, -0.2) is 22.7 Å². The number of rotatable bonds is 4. The van der Waals surface area contributed by atoms with Crippen LogP contribution in [0.25, 0.3) is 0 Å². The van der Waals surface area contributed by atoms with Crippen molar-refractivity contribution in [2.24, 2.45) is 0 Å². The average Bonchev–Trinajstić information content (AvgIpc) is 2.29. The highest BCUT2D eigenvalue weighted by Crippen LogP contribution is 2.23. The summed E-state index contributed by atoms with van der Waals surface area (Å²) in [6.45, 7) is 8.68. The number of carbonyl (C=O) groups excluding carboxylic acids is 1. The normalized spacial score (nSPS) is 14.6. The van der Waals surface area contributed by atoms with Gasteiger partial charge in [-0.1, -0.05) is 6.07 Å². The third kappa shape index (κ3) is 4.81. The number of nitrogens with one attached hydrogen (secondary N) is 1. The summed E-state index contributed by atoms with van der Waals surface area (Å²) in [7, 11) is 0. The van der Waals surface area contributed by atoms with Crippen molar-refractivity contribution in [3.05, 3.63) is 29.6 Å². The van der Waals surface area contributed by atoms with Gasteiger partial charge in [0, 0.05) is 5.54 Å². The Morgan fingerprint density at radius 2 is 1.95 bits per heavy atom. The molecule has 0 aliphatic carbocycles. The van der Waals surface area contributed by atoms with Gasteiger partial charge in [0.25, 0.3) is 5.91 Å². The second kappa shape index (κ2) is 6.22. The number of carbonyl (C=O) groups is 1. The summed E-state index contributed by atoms with van der Waals surface area (Å²) in [5.41, 5.74) is 0.0883. The first kappa shape index (κ1) is 16.4. The fourth-order valence-corrected chi connectivity index (χ4v) is 1.59. The number of aliphatic hydroxyl groups is 1. The Labute approximate surface area is 119 Å². The van der Waals surface area contributed by atoms with E-state index in [1.807, 2.05) is 20.8 Å². The fourth-order valence-electron chi connectivity index (χ4n) is 1.59. The number of amides is 1. The first-order valence-electron chi connectivity index (χ1n) is 6.56. The lowest BCUT2D eigenvalue weighted by molar-refractivity contribution is -0.128. The first-order chi connectivity index (χ1) is 9.10. The molecule has 0 spiro atoms. The SMILES string of the molecule is CC(Oc1ccc(C(C)O)cc1F)C(=O)NC(C)(C)C. The number of hydrogen-bond acceptors (Lipinski definition) is 3. The van der Waals surface area contributed by atoms with Crippen LogP contribution in [0.5, 0.6) is 5.75 Å². The van der Waals surface area contributed by atoms with Crippen molar-refractivity contribution in [2.45, 2.75) is 52.4 Å². The van der Waals surface area contributed by atoms with Crippen LogP contribution in [0.2, 0.25) is 0 Å². The average molecular weight is 283 g/mol. The van der Waals surface area contributed by atoms with E-state index in [2.05, 4.69) is 5.32 Å². The third-order valence-corrected chi connectivity index (χ3v) is 2.61. The Bertz CT molecular complexity index is 480. The van der Waals surface area contributed by atoms with Gasteiger partial charge in [0.05, 0.1) is 6.10 Å². The van der Waals surface area contributed by atoms with Crippen LogP contribution in [-0.2, 0) is 4.79 Å². The van der Waals surface area contributed by atoms with Gasteiger partial charge in [-0.15, -0.1) is 0 Å². The monoisotopic (exact) mass is 283 g/mol. The fraction of sp³-hybridized carbons (Fsp3) is 0.533. The minimum absolute atomic E-state index is 0.00837. The number of halogens is 1. The van der Waals surface area contributed by atoms with Gasteiger partial charge in [0.2, 0.25) is 0 Å². The molecule has 2 atom stereocenters. The van der Waals surface area contributed by atoms with Crippen LogP contribution in [0.1, 0.15) is 46.3 Å². The number of hydrogen-bond donors (Lipinski definition) is 2. The van der Waals surface area contributed by atoms with Gasteiger partial charge in [-0.05, 0) is 52.3 Å². The van der Waals surface area contributed by atoms with E-state index in [1.54, 1.807) is 19.9 Å². The highest BCUT2D eigenvalue weighted by Gasteiger charge is 2.21. The Morgan fingerprint density at radius 1 is 1.35 bits per heavy atom. The quantitative estimate of drug-likeness (QED) is 0.893. The van der Waals surface area contributed by atoms with Gasteiger partial charge < -0.3 is 15.2 Å². The second-order valence-electron chi connectivity index (χ2n) is 5.87. The van der Waals surface area contributed by atoms with Gasteiger partial charge in [0.1, 0.15) is 0 Å². The van der Waals surface area contributed by atoms with Gasteiger partial charge >= 0.3 is 0 Å². The van der Waals surface area contributed by atoms with Crippen molar-refractivity contribution in [1.82, 2.24) is 5.32 Å². The van der Waals surface area contributed by atoms with E-state index in [0.717, 1.165) is 0 Å². The van der Waals surface area contributed by atoms with E-state index >= 15 is 0 Å². The summed E-state index contributed by atoms with van der Waals surface area (Å²) < 4.78 is 19.1. The van der Waals surface area contributed by atoms with Crippen molar-refractivity contribution in [1.29, 1.82) is 0 Å². The Morgan fingerprint density at radius 3 is 2.40 bits per heavy atom. The lowest BCUT2D eigenvalue weighted by Gasteiger charge is -2.23. The number of ether oxygens (including phenoxy) is 1. The molecular weight excluding hydrogens is 261 g/mol. The van der Waals surface area contributed by atoms with Crippen LogP contribution < -0.4 is 10.1 Å². The smallest absolute Gasteiger partial charge is 0.261 e. The molecule has 1 aromatic rings. The zero-order chi connectivity index (χ0) is 15.5. The first-order valence-corrected chi connectivity index (χ1v) is 6.56. The van der Waals surface area contributed by atoms with Crippen molar-refractivity contribution < 1.29 is 19.0 Å². The molecular formula is C15H22FNO3. The van der Waals surface area contributed by atoms with E-state index < -0.39 is 18.0 Å². The number of aliphatic hydroxyl groups excluding tert-OH is 1. The van der Waals surface area contributed by atoms with E-state index in [9.17, 15) is 14.3 Å². The molecule has 112 valence electrons. The maximum atomic E-state index is 13.8. The van der Waals surface area contributed by atoms with E-state index in [0.29, 0.717) is 5.56 Å². The minimum Gasteiger partial charge on any atom is -0.478 e. The van der Waals surface area contributed by atoms with Gasteiger partial charge in [-0.25, -0.2) is 4.39 Å². The van der Waals surface area contributed by atoms with E-state index in [1.165, 1.54) is 12.1 Å². The van der Waals surface area contributed by atoms with Gasteiger partial charge in [-0.3, -0.25) is 4.79 Å². The predicted octanol–water partition coefficient (Wildman–Crippen LogP) is 2.56. The molecule has 2 N–H and O–H groups in total. The highest BCUT2D eigenvalue weighted by atomic mass is 19.1. The molecule has 5 heteroatoms. The molecule has 0 saturated heterocycles. The zero-order valence-electron chi connectivity index (χ0n) is 12.5. The van der Waals surface area contributed by atoms with Gasteiger partial charge in [-0.2, -0.15) is 0 Å². The summed E-state index contributed by atoms with van der Waals surface area (Å²) in [5.74, 6) is -0.915. The molecule has 2 unspecified atom stereocenters. The zero-order valence-corrected chi connectivity index (χ0v) is 12.5. The summed E-state index contributed by atoms with van der Waals surface area (Å²) >= 11 is 0. The maximum absolute atomic E-state index is 13.8. The second-order valence-corrected chi connectivity index (χ2v) is 5.87. The number of benzene rings is 1. The molecule has 0 heterocycles. The van der Waals surface area contributed by atoms with Crippen LogP contribution in [0.15, 0.2) is 18.2 Å². The third-order valence-electron chi connectivity index (χ3n) is 2.61. The van der Waals surface area contributed by atoms with Crippen molar-refractivity contribution in [3.8, 4) is 5.75 Å². The summed E-state index contributed by atoms with van der Waals surface area (Å²) in [4.78, 5) is 11.9. The largest absolute Gasteiger partial charge is 0.478 e. The molecule has 0 bridgehead atoms. The molecule has 1 amide bonds. The van der Waals surface area contributed by atoms with Crippen molar-refractivity contribution >= 4 is 5.91 Å². The topological polar surface area (TPSA) is 58.6 Å². The molecule has 1 rings (SSSR count). The molecule has 20 heavy (non-hydrogen) atoms. The lowest BCUT2D eigenvalue weighted by Crippen LogP contribution is -2.46. The van der Waals surface area contributed by atoms with Crippen LogP contribution in [0.4, 0.5) is 4.39 Å². The molecule has 0 fully saturated rings. The molecule has 1 aromatic carbocycles. The van der Waals surface area contributed by atoms with Gasteiger partial charge in [0.15, 0.2) is 17.7 Å². The van der Waals surface area contributed by atoms with Crippen LogP contribution in [0, 0.1) is 5.82 Å². The summed E-state index contributed by atoms with van der Waals surface area (Å²) in [6.07, 6.45) is -1.55. The van der Waals surface area contributed by atoms with Crippen LogP contribution in [0.3, 0.4) is 0 Å². The Kier molecular flexibility index (Phi) is 5.11. The molecule has 0 radical (unpaired) electrons. The molecule has 0 saturated carbocycles. The standard InChI is InChI=1S/C15H22FNO3/c1-9(18)11-6-7-13(12(16)8-11)20-10(2)14(19)17-15(3,4)5/h6-10,18H,1-5H3,(H,17,19). The van der Waals surface area contributed by atoms with Crippen molar-refractivity contribution in [3.63, 3.8) is 0 Å². The van der Waals surface area contributed by atoms with E-state index in [-0.39, 0.29) is 17.2 Å².